The van der Waals surface area contributed by atoms with Crippen molar-refractivity contribution in [3.8, 4) is 6.07 Å². The van der Waals surface area contributed by atoms with Crippen molar-refractivity contribution < 1.29 is 4.79 Å². The van der Waals surface area contributed by atoms with Crippen LogP contribution in [0.5, 0.6) is 0 Å². The Labute approximate surface area is 115 Å². The van der Waals surface area contributed by atoms with Gasteiger partial charge in [-0.2, -0.15) is 5.26 Å². The first-order valence-electron chi connectivity index (χ1n) is 7.04. The number of hydrogen-bond donors (Lipinski definition) is 0. The average Bonchev–Trinajstić information content (AvgIpc) is 2.46. The zero-order valence-electron chi connectivity index (χ0n) is 11.6. The molecule has 0 unspecified atom stereocenters. The lowest BCUT2D eigenvalue weighted by atomic mass is 10.1. The van der Waals surface area contributed by atoms with Crippen molar-refractivity contribution in [1.29, 1.82) is 5.26 Å². The van der Waals surface area contributed by atoms with Gasteiger partial charge in [-0.15, -0.1) is 0 Å². The maximum Gasteiger partial charge on any atom is 0.266 e. The summed E-state index contributed by atoms with van der Waals surface area (Å²) in [4.78, 5) is 18.4. The number of likely N-dealkylation sites (N-methyl/N-ethyl adjacent to an activating group) is 1. The Bertz CT molecular complexity index is 385. The highest BCUT2D eigenvalue weighted by molar-refractivity contribution is 5.97. The molecular weight excluding hydrogens is 240 g/mol. The normalized spacial score (nSPS) is 22.2. The lowest BCUT2D eigenvalue weighted by Crippen LogP contribution is -2.47. The maximum absolute atomic E-state index is 12.3. The molecule has 0 spiro atoms. The van der Waals surface area contributed by atoms with Crippen LogP contribution < -0.4 is 0 Å². The SMILES string of the molecule is CN1CCN(C(=O)/C(C#N)=C\N2CCCCC2)CC1. The fourth-order valence-corrected chi connectivity index (χ4v) is 2.54. The van der Waals surface area contributed by atoms with Crippen LogP contribution in [-0.4, -0.2) is 66.9 Å². The zero-order valence-corrected chi connectivity index (χ0v) is 11.6. The van der Waals surface area contributed by atoms with Crippen LogP contribution in [-0.2, 0) is 4.79 Å². The van der Waals surface area contributed by atoms with Crippen molar-refractivity contribution in [2.45, 2.75) is 19.3 Å². The van der Waals surface area contributed by atoms with E-state index in [1.54, 1.807) is 11.1 Å². The predicted octanol–water partition coefficient (Wildman–Crippen LogP) is 0.654. The van der Waals surface area contributed by atoms with Gasteiger partial charge in [0.05, 0.1) is 0 Å². The highest BCUT2D eigenvalue weighted by Crippen LogP contribution is 2.12. The summed E-state index contributed by atoms with van der Waals surface area (Å²) in [6, 6.07) is 2.07. The smallest absolute Gasteiger partial charge is 0.266 e. The van der Waals surface area contributed by atoms with Crippen molar-refractivity contribution in [3.63, 3.8) is 0 Å². The summed E-state index contributed by atoms with van der Waals surface area (Å²) >= 11 is 0. The summed E-state index contributed by atoms with van der Waals surface area (Å²) < 4.78 is 0. The van der Waals surface area contributed by atoms with Crippen molar-refractivity contribution in [1.82, 2.24) is 14.7 Å². The Balaban J connectivity index is 1.98. The van der Waals surface area contributed by atoms with E-state index in [-0.39, 0.29) is 11.5 Å². The van der Waals surface area contributed by atoms with Gasteiger partial charge in [0.2, 0.25) is 0 Å². The van der Waals surface area contributed by atoms with E-state index >= 15 is 0 Å². The Hall–Kier alpha value is -1.54. The lowest BCUT2D eigenvalue weighted by molar-refractivity contribution is -0.128. The standard InChI is InChI=1S/C14H22N4O/c1-16-7-9-18(10-8-16)14(19)13(11-15)12-17-5-3-2-4-6-17/h12H,2-10H2,1H3/b13-12-. The molecule has 2 aliphatic heterocycles. The minimum Gasteiger partial charge on any atom is -0.376 e. The van der Waals surface area contributed by atoms with E-state index in [4.69, 9.17) is 0 Å². The van der Waals surface area contributed by atoms with Crippen LogP contribution in [0, 0.1) is 11.3 Å². The Morgan fingerprint density at radius 3 is 2.26 bits per heavy atom. The fraction of sp³-hybridized carbons (Fsp3) is 0.714. The van der Waals surface area contributed by atoms with Crippen LogP contribution in [0.2, 0.25) is 0 Å². The minimum atomic E-state index is -0.110. The molecule has 0 saturated carbocycles. The summed E-state index contributed by atoms with van der Waals surface area (Å²) in [6.45, 7) is 5.12. The van der Waals surface area contributed by atoms with Gasteiger partial charge in [0.15, 0.2) is 0 Å². The van der Waals surface area contributed by atoms with Gasteiger partial charge in [-0.1, -0.05) is 0 Å². The van der Waals surface area contributed by atoms with Gasteiger partial charge in [0.25, 0.3) is 5.91 Å². The third-order valence-corrected chi connectivity index (χ3v) is 3.84. The van der Waals surface area contributed by atoms with Crippen molar-refractivity contribution in [3.05, 3.63) is 11.8 Å². The van der Waals surface area contributed by atoms with Crippen LogP contribution in [0.15, 0.2) is 11.8 Å². The predicted molar refractivity (Wildman–Crippen MR) is 73.2 cm³/mol. The number of piperidine rings is 1. The first-order valence-corrected chi connectivity index (χ1v) is 7.04. The van der Waals surface area contributed by atoms with E-state index < -0.39 is 0 Å². The molecule has 2 saturated heterocycles. The second-order valence-corrected chi connectivity index (χ2v) is 5.35. The highest BCUT2D eigenvalue weighted by atomic mass is 16.2. The molecule has 0 atom stereocenters. The number of carbonyl (C=O) groups excluding carboxylic acids is 1. The molecule has 5 heteroatoms. The summed E-state index contributed by atoms with van der Waals surface area (Å²) in [5.74, 6) is -0.110. The molecule has 0 N–H and O–H groups in total. The number of nitriles is 1. The number of piperazine rings is 1. The van der Waals surface area contributed by atoms with E-state index in [1.165, 1.54) is 6.42 Å². The lowest BCUT2D eigenvalue weighted by Gasteiger charge is -2.32. The molecule has 1 amide bonds. The van der Waals surface area contributed by atoms with Crippen molar-refractivity contribution in [2.24, 2.45) is 0 Å². The topological polar surface area (TPSA) is 50.6 Å². The second kappa shape index (κ2) is 6.58. The van der Waals surface area contributed by atoms with Gasteiger partial charge < -0.3 is 14.7 Å². The first kappa shape index (κ1) is 13.9. The Morgan fingerprint density at radius 1 is 1.05 bits per heavy atom. The average molecular weight is 262 g/mol. The molecule has 2 rings (SSSR count). The van der Waals surface area contributed by atoms with Crippen LogP contribution in [0.3, 0.4) is 0 Å². The number of carbonyl (C=O) groups is 1. The maximum atomic E-state index is 12.3. The van der Waals surface area contributed by atoms with Crippen LogP contribution in [0.4, 0.5) is 0 Å². The first-order chi connectivity index (χ1) is 9.20. The van der Waals surface area contributed by atoms with Crippen molar-refractivity contribution in [2.75, 3.05) is 46.3 Å². The summed E-state index contributed by atoms with van der Waals surface area (Å²) in [5.41, 5.74) is 0.284. The van der Waals surface area contributed by atoms with E-state index in [2.05, 4.69) is 22.9 Å². The van der Waals surface area contributed by atoms with Crippen molar-refractivity contribution >= 4 is 5.91 Å². The number of hydrogen-bond acceptors (Lipinski definition) is 4. The summed E-state index contributed by atoms with van der Waals surface area (Å²) in [6.07, 6.45) is 5.31. The largest absolute Gasteiger partial charge is 0.376 e. The van der Waals surface area contributed by atoms with Gasteiger partial charge in [0.1, 0.15) is 11.6 Å². The number of amides is 1. The zero-order chi connectivity index (χ0) is 13.7. The van der Waals surface area contributed by atoms with E-state index in [0.717, 1.165) is 39.0 Å². The van der Waals surface area contributed by atoms with E-state index in [9.17, 15) is 10.1 Å². The molecule has 2 heterocycles. The van der Waals surface area contributed by atoms with Gasteiger partial charge in [-0.25, -0.2) is 0 Å². The molecule has 0 aromatic carbocycles. The summed E-state index contributed by atoms with van der Waals surface area (Å²) in [5, 5.41) is 9.21. The fourth-order valence-electron chi connectivity index (χ4n) is 2.54. The molecule has 0 aromatic heterocycles. The molecule has 2 aliphatic rings. The number of nitrogens with zero attached hydrogens (tertiary/aromatic N) is 4. The number of likely N-dealkylation sites (tertiary alicyclic amines) is 1. The molecule has 2 fully saturated rings. The molecule has 0 bridgehead atoms. The number of rotatable bonds is 2. The molecular formula is C14H22N4O. The molecule has 19 heavy (non-hydrogen) atoms. The van der Waals surface area contributed by atoms with Gasteiger partial charge in [-0.3, -0.25) is 4.79 Å². The van der Waals surface area contributed by atoms with E-state index in [0.29, 0.717) is 13.1 Å². The molecule has 104 valence electrons. The quantitative estimate of drug-likeness (QED) is 0.542. The summed E-state index contributed by atoms with van der Waals surface area (Å²) in [7, 11) is 2.05. The van der Waals surface area contributed by atoms with E-state index in [1.807, 2.05) is 0 Å². The monoisotopic (exact) mass is 262 g/mol. The van der Waals surface area contributed by atoms with Gasteiger partial charge in [-0.05, 0) is 26.3 Å². The third kappa shape index (κ3) is 3.71. The molecule has 0 aliphatic carbocycles. The van der Waals surface area contributed by atoms with Gasteiger partial charge in [0, 0.05) is 45.5 Å². The Morgan fingerprint density at radius 2 is 1.68 bits per heavy atom. The molecule has 5 nitrogen and oxygen atoms in total. The minimum absolute atomic E-state index is 0.110. The van der Waals surface area contributed by atoms with Crippen LogP contribution in [0.25, 0.3) is 0 Å². The molecule has 0 aromatic rings. The second-order valence-electron chi connectivity index (χ2n) is 5.35. The Kier molecular flexibility index (Phi) is 4.80. The third-order valence-electron chi connectivity index (χ3n) is 3.84. The van der Waals surface area contributed by atoms with Gasteiger partial charge >= 0.3 is 0 Å². The van der Waals surface area contributed by atoms with Crippen LogP contribution in [0.1, 0.15) is 19.3 Å². The van der Waals surface area contributed by atoms with Crippen LogP contribution >= 0.6 is 0 Å². The highest BCUT2D eigenvalue weighted by Gasteiger charge is 2.22. The molecule has 0 radical (unpaired) electrons.